The molecule has 0 spiro atoms. The Bertz CT molecular complexity index is 435. The summed E-state index contributed by atoms with van der Waals surface area (Å²) in [6, 6.07) is 9.17. The van der Waals surface area contributed by atoms with Crippen molar-refractivity contribution in [2.45, 2.75) is 13.8 Å². The number of ether oxygens (including phenoxy) is 1. The Labute approximate surface area is 103 Å². The molecule has 4 heteroatoms. The molecule has 16 heavy (non-hydrogen) atoms. The van der Waals surface area contributed by atoms with Crippen molar-refractivity contribution in [2.75, 3.05) is 6.61 Å². The summed E-state index contributed by atoms with van der Waals surface area (Å²) in [5.41, 5.74) is -0.994. The van der Waals surface area contributed by atoms with Crippen LogP contribution in [0.15, 0.2) is 28.7 Å². The van der Waals surface area contributed by atoms with Crippen molar-refractivity contribution in [2.24, 2.45) is 5.41 Å². The van der Waals surface area contributed by atoms with Crippen molar-refractivity contribution in [1.82, 2.24) is 0 Å². The largest absolute Gasteiger partial charge is 0.486 e. The maximum absolute atomic E-state index is 11.6. The summed E-state index contributed by atoms with van der Waals surface area (Å²) in [6.07, 6.45) is 0. The summed E-state index contributed by atoms with van der Waals surface area (Å²) >= 11 is 3.31. The monoisotopic (exact) mass is 281 g/mol. The number of nitriles is 1. The number of ketones is 1. The van der Waals surface area contributed by atoms with Crippen LogP contribution in [-0.2, 0) is 4.79 Å². The van der Waals surface area contributed by atoms with Gasteiger partial charge in [0.05, 0.1) is 6.07 Å². The molecule has 0 radical (unpaired) electrons. The van der Waals surface area contributed by atoms with E-state index >= 15 is 0 Å². The Morgan fingerprint density at radius 3 is 2.81 bits per heavy atom. The lowest BCUT2D eigenvalue weighted by molar-refractivity contribution is -0.126. The van der Waals surface area contributed by atoms with Crippen molar-refractivity contribution >= 4 is 21.7 Å². The molecule has 1 rings (SSSR count). The molecule has 0 heterocycles. The number of halogens is 1. The van der Waals surface area contributed by atoms with Crippen molar-refractivity contribution in [3.63, 3.8) is 0 Å². The normalized spacial score (nSPS) is 10.6. The van der Waals surface area contributed by atoms with E-state index in [4.69, 9.17) is 10.00 Å². The lowest BCUT2D eigenvalue weighted by Gasteiger charge is -2.14. The van der Waals surface area contributed by atoms with Crippen LogP contribution in [0.5, 0.6) is 5.75 Å². The predicted molar refractivity (Wildman–Crippen MR) is 64.0 cm³/mol. The number of hydrogen-bond donors (Lipinski definition) is 0. The van der Waals surface area contributed by atoms with E-state index in [0.29, 0.717) is 5.75 Å². The molecule has 1 aromatic rings. The summed E-state index contributed by atoms with van der Waals surface area (Å²) < 4.78 is 6.19. The number of benzene rings is 1. The van der Waals surface area contributed by atoms with Crippen LogP contribution >= 0.6 is 15.9 Å². The van der Waals surface area contributed by atoms with E-state index in [2.05, 4.69) is 15.9 Å². The van der Waals surface area contributed by atoms with Crippen molar-refractivity contribution < 1.29 is 9.53 Å². The molecule has 0 aliphatic rings. The molecule has 0 amide bonds. The third kappa shape index (κ3) is 3.35. The van der Waals surface area contributed by atoms with Gasteiger partial charge in [0.1, 0.15) is 17.8 Å². The highest BCUT2D eigenvalue weighted by Gasteiger charge is 2.27. The molecule has 3 nitrogen and oxygen atoms in total. The highest BCUT2D eigenvalue weighted by molar-refractivity contribution is 9.10. The lowest BCUT2D eigenvalue weighted by Crippen LogP contribution is -2.27. The Kier molecular flexibility index (Phi) is 4.08. The molecular formula is C12H12BrNO2. The number of carbonyl (C=O) groups excluding carboxylic acids is 1. The summed E-state index contributed by atoms with van der Waals surface area (Å²) in [4.78, 5) is 11.6. The van der Waals surface area contributed by atoms with E-state index in [1.807, 2.05) is 18.2 Å². The molecule has 0 saturated carbocycles. The van der Waals surface area contributed by atoms with E-state index < -0.39 is 5.41 Å². The predicted octanol–water partition coefficient (Wildman–Crippen LogP) is 2.95. The zero-order chi connectivity index (χ0) is 12.2. The molecule has 0 fully saturated rings. The summed E-state index contributed by atoms with van der Waals surface area (Å²) in [5, 5.41) is 8.77. The first-order valence-corrected chi connectivity index (χ1v) is 5.58. The van der Waals surface area contributed by atoms with Crippen LogP contribution in [-0.4, -0.2) is 12.4 Å². The number of hydrogen-bond acceptors (Lipinski definition) is 3. The average Bonchev–Trinajstić information content (AvgIpc) is 2.26. The zero-order valence-electron chi connectivity index (χ0n) is 9.16. The van der Waals surface area contributed by atoms with Gasteiger partial charge < -0.3 is 4.74 Å². The van der Waals surface area contributed by atoms with Gasteiger partial charge in [0.2, 0.25) is 0 Å². The van der Waals surface area contributed by atoms with Gasteiger partial charge in [0, 0.05) is 4.47 Å². The Morgan fingerprint density at radius 2 is 2.25 bits per heavy atom. The van der Waals surface area contributed by atoms with Crippen LogP contribution in [0.25, 0.3) is 0 Å². The molecule has 0 aliphatic heterocycles. The molecule has 1 aromatic carbocycles. The van der Waals surface area contributed by atoms with Crippen LogP contribution in [0, 0.1) is 16.7 Å². The molecule has 0 aliphatic carbocycles. The van der Waals surface area contributed by atoms with Gasteiger partial charge in [0.15, 0.2) is 5.78 Å². The summed E-state index contributed by atoms with van der Waals surface area (Å²) in [7, 11) is 0. The van der Waals surface area contributed by atoms with Gasteiger partial charge in [-0.15, -0.1) is 0 Å². The fourth-order valence-corrected chi connectivity index (χ4v) is 1.33. The number of carbonyl (C=O) groups is 1. The van der Waals surface area contributed by atoms with Crippen LogP contribution in [0.4, 0.5) is 0 Å². The minimum atomic E-state index is -0.994. The highest BCUT2D eigenvalue weighted by atomic mass is 79.9. The fraction of sp³-hybridized carbons (Fsp3) is 0.333. The standard InChI is InChI=1S/C12H12BrNO2/c1-12(2,8-14)11(15)7-16-10-5-3-4-9(13)6-10/h3-6H,7H2,1-2H3. The highest BCUT2D eigenvalue weighted by Crippen LogP contribution is 2.19. The van der Waals surface area contributed by atoms with Gasteiger partial charge in [-0.25, -0.2) is 0 Å². The van der Waals surface area contributed by atoms with Crippen LogP contribution < -0.4 is 4.74 Å². The minimum Gasteiger partial charge on any atom is -0.486 e. The second-order valence-electron chi connectivity index (χ2n) is 3.91. The smallest absolute Gasteiger partial charge is 0.189 e. The molecule has 0 N–H and O–H groups in total. The van der Waals surface area contributed by atoms with Gasteiger partial charge in [-0.05, 0) is 32.0 Å². The van der Waals surface area contributed by atoms with Gasteiger partial charge in [-0.2, -0.15) is 5.26 Å². The van der Waals surface area contributed by atoms with Crippen LogP contribution in [0.2, 0.25) is 0 Å². The maximum Gasteiger partial charge on any atom is 0.189 e. The number of Topliss-reactive ketones (excluding diaryl/α,β-unsaturated/α-hetero) is 1. The molecular weight excluding hydrogens is 270 g/mol. The first-order valence-electron chi connectivity index (χ1n) is 4.78. The van der Waals surface area contributed by atoms with E-state index in [1.165, 1.54) is 0 Å². The zero-order valence-corrected chi connectivity index (χ0v) is 10.7. The first-order chi connectivity index (χ1) is 7.45. The van der Waals surface area contributed by atoms with Gasteiger partial charge >= 0.3 is 0 Å². The third-order valence-electron chi connectivity index (χ3n) is 2.14. The number of rotatable bonds is 4. The Morgan fingerprint density at radius 1 is 1.56 bits per heavy atom. The first kappa shape index (κ1) is 12.7. The van der Waals surface area contributed by atoms with Crippen LogP contribution in [0.1, 0.15) is 13.8 Å². The van der Waals surface area contributed by atoms with Crippen LogP contribution in [0.3, 0.4) is 0 Å². The van der Waals surface area contributed by atoms with Crippen molar-refractivity contribution in [3.05, 3.63) is 28.7 Å². The topological polar surface area (TPSA) is 50.1 Å². The maximum atomic E-state index is 11.6. The minimum absolute atomic E-state index is 0.0863. The molecule has 0 aromatic heterocycles. The third-order valence-corrected chi connectivity index (χ3v) is 2.64. The van der Waals surface area contributed by atoms with Gasteiger partial charge in [-0.3, -0.25) is 4.79 Å². The quantitative estimate of drug-likeness (QED) is 0.853. The summed E-state index contributed by atoms with van der Waals surface area (Å²) in [5.74, 6) is 0.381. The van der Waals surface area contributed by atoms with Gasteiger partial charge in [-0.1, -0.05) is 22.0 Å². The molecule has 0 saturated heterocycles. The second-order valence-corrected chi connectivity index (χ2v) is 4.82. The van der Waals surface area contributed by atoms with Gasteiger partial charge in [0.25, 0.3) is 0 Å². The van der Waals surface area contributed by atoms with E-state index in [0.717, 1.165) is 4.47 Å². The summed E-state index contributed by atoms with van der Waals surface area (Å²) in [6.45, 7) is 3.08. The Hall–Kier alpha value is -1.34. The Balaban J connectivity index is 2.60. The van der Waals surface area contributed by atoms with E-state index in [1.54, 1.807) is 26.0 Å². The molecule has 0 bridgehead atoms. The number of nitrogens with zero attached hydrogens (tertiary/aromatic N) is 1. The SMILES string of the molecule is CC(C)(C#N)C(=O)COc1cccc(Br)c1. The second kappa shape index (κ2) is 5.13. The average molecular weight is 282 g/mol. The molecule has 84 valence electrons. The molecule has 0 unspecified atom stereocenters. The van der Waals surface area contributed by atoms with E-state index in [9.17, 15) is 4.79 Å². The molecule has 0 atom stereocenters. The van der Waals surface area contributed by atoms with E-state index in [-0.39, 0.29) is 12.4 Å². The lowest BCUT2D eigenvalue weighted by atomic mass is 9.91. The fourth-order valence-electron chi connectivity index (χ4n) is 0.948. The van der Waals surface area contributed by atoms with Crippen molar-refractivity contribution in [3.8, 4) is 11.8 Å². The van der Waals surface area contributed by atoms with Crippen molar-refractivity contribution in [1.29, 1.82) is 5.26 Å².